The number of rotatable bonds is 3. The summed E-state index contributed by atoms with van der Waals surface area (Å²) in [6, 6.07) is 4.57. The van der Waals surface area contributed by atoms with Crippen LogP contribution >= 0.6 is 15.9 Å². The Morgan fingerprint density at radius 2 is 2.05 bits per heavy atom. The third kappa shape index (κ3) is 4.09. The fraction of sp³-hybridized carbons (Fsp3) is 0.500. The van der Waals surface area contributed by atoms with Gasteiger partial charge in [0.05, 0.1) is 28.6 Å². The number of benzene rings is 1. The summed E-state index contributed by atoms with van der Waals surface area (Å²) >= 11 is 3.12. The minimum atomic E-state index is -0.532. The van der Waals surface area contributed by atoms with Crippen molar-refractivity contribution >= 4 is 27.7 Å². The molecule has 1 aromatic carbocycles. The molecular weight excluding hydrogens is 356 g/mol. The maximum Gasteiger partial charge on any atom is 0.410 e. The van der Waals surface area contributed by atoms with Gasteiger partial charge in [-0.15, -0.1) is 0 Å². The molecule has 120 valence electrons. The third-order valence-electron chi connectivity index (χ3n) is 2.92. The average molecular weight is 373 g/mol. The smallest absolute Gasteiger partial charge is 0.410 e. The average Bonchev–Trinajstić information content (AvgIpc) is 2.32. The largest absolute Gasteiger partial charge is 0.486 e. The Bertz CT molecular complexity index is 593. The third-order valence-corrected chi connectivity index (χ3v) is 3.59. The number of nitro groups is 1. The number of nitrogens with zero attached hydrogens (tertiary/aromatic N) is 2. The lowest BCUT2D eigenvalue weighted by Gasteiger charge is -2.39. The van der Waals surface area contributed by atoms with E-state index in [0.717, 1.165) is 0 Å². The van der Waals surface area contributed by atoms with Crippen LogP contribution in [-0.4, -0.2) is 40.7 Å². The molecule has 1 aliphatic heterocycles. The highest BCUT2D eigenvalue weighted by Gasteiger charge is 2.35. The van der Waals surface area contributed by atoms with Gasteiger partial charge in [0, 0.05) is 0 Å². The highest BCUT2D eigenvalue weighted by atomic mass is 79.9. The number of nitro benzene ring substituents is 1. The van der Waals surface area contributed by atoms with E-state index in [1.54, 1.807) is 32.9 Å². The van der Waals surface area contributed by atoms with Crippen molar-refractivity contribution in [2.75, 3.05) is 13.1 Å². The first-order valence-corrected chi connectivity index (χ1v) is 7.53. The van der Waals surface area contributed by atoms with Gasteiger partial charge < -0.3 is 14.4 Å². The van der Waals surface area contributed by atoms with Crippen molar-refractivity contribution < 1.29 is 19.2 Å². The second-order valence-electron chi connectivity index (χ2n) is 6.00. The van der Waals surface area contributed by atoms with Gasteiger partial charge in [0.25, 0.3) is 5.69 Å². The van der Waals surface area contributed by atoms with Crippen LogP contribution in [-0.2, 0) is 4.74 Å². The first-order valence-electron chi connectivity index (χ1n) is 6.74. The molecule has 0 bridgehead atoms. The topological polar surface area (TPSA) is 81.9 Å². The molecule has 0 aromatic heterocycles. The molecule has 0 unspecified atom stereocenters. The zero-order valence-corrected chi connectivity index (χ0v) is 14.1. The molecule has 7 nitrogen and oxygen atoms in total. The number of halogens is 1. The number of hydrogen-bond donors (Lipinski definition) is 0. The molecule has 1 amide bonds. The summed E-state index contributed by atoms with van der Waals surface area (Å²) in [5.74, 6) is 0.406. The Morgan fingerprint density at radius 1 is 1.41 bits per heavy atom. The SMILES string of the molecule is CC(C)(C)OC(=O)N1CC(Oc2ccc(Br)c([N+](=O)[O-])c2)C1. The van der Waals surface area contributed by atoms with E-state index in [1.165, 1.54) is 11.0 Å². The van der Waals surface area contributed by atoms with E-state index in [4.69, 9.17) is 9.47 Å². The lowest BCUT2D eigenvalue weighted by Crippen LogP contribution is -2.57. The van der Waals surface area contributed by atoms with E-state index in [9.17, 15) is 14.9 Å². The molecule has 2 rings (SSSR count). The molecule has 0 atom stereocenters. The van der Waals surface area contributed by atoms with E-state index < -0.39 is 10.5 Å². The first kappa shape index (κ1) is 16.5. The number of hydrogen-bond acceptors (Lipinski definition) is 5. The maximum absolute atomic E-state index is 11.8. The normalized spacial score (nSPS) is 15.2. The molecule has 1 aromatic rings. The zero-order valence-electron chi connectivity index (χ0n) is 12.5. The summed E-state index contributed by atoms with van der Waals surface area (Å²) in [5, 5.41) is 10.9. The second-order valence-corrected chi connectivity index (χ2v) is 6.85. The first-order chi connectivity index (χ1) is 10.2. The van der Waals surface area contributed by atoms with Gasteiger partial charge in [-0.2, -0.15) is 0 Å². The quantitative estimate of drug-likeness (QED) is 0.600. The molecule has 0 saturated carbocycles. The van der Waals surface area contributed by atoms with Crippen LogP contribution in [0, 0.1) is 10.1 Å². The fourth-order valence-corrected chi connectivity index (χ4v) is 2.28. The van der Waals surface area contributed by atoms with E-state index >= 15 is 0 Å². The predicted octanol–water partition coefficient (Wildman–Crippen LogP) is 3.36. The van der Waals surface area contributed by atoms with Crippen molar-refractivity contribution in [3.05, 3.63) is 32.8 Å². The van der Waals surface area contributed by atoms with Gasteiger partial charge in [-0.25, -0.2) is 4.79 Å². The molecule has 1 aliphatic rings. The summed E-state index contributed by atoms with van der Waals surface area (Å²) in [7, 11) is 0. The molecule has 0 N–H and O–H groups in total. The molecule has 8 heteroatoms. The summed E-state index contributed by atoms with van der Waals surface area (Å²) in [5.41, 5.74) is -0.587. The van der Waals surface area contributed by atoms with Crippen LogP contribution in [0.15, 0.2) is 22.7 Å². The van der Waals surface area contributed by atoms with Crippen LogP contribution in [0.4, 0.5) is 10.5 Å². The minimum Gasteiger partial charge on any atom is -0.486 e. The van der Waals surface area contributed by atoms with Crippen LogP contribution in [0.5, 0.6) is 5.75 Å². The fourth-order valence-electron chi connectivity index (χ4n) is 1.89. The lowest BCUT2D eigenvalue weighted by molar-refractivity contribution is -0.385. The highest BCUT2D eigenvalue weighted by molar-refractivity contribution is 9.10. The maximum atomic E-state index is 11.8. The Balaban J connectivity index is 1.89. The number of ether oxygens (including phenoxy) is 2. The predicted molar refractivity (Wildman–Crippen MR) is 83.0 cm³/mol. The van der Waals surface area contributed by atoms with E-state index in [-0.39, 0.29) is 17.9 Å². The van der Waals surface area contributed by atoms with E-state index in [2.05, 4.69) is 15.9 Å². The standard InChI is InChI=1S/C14H17BrN2O5/c1-14(2,3)22-13(18)16-7-10(8-16)21-9-4-5-11(15)12(6-9)17(19)20/h4-6,10H,7-8H2,1-3H3. The second kappa shape index (κ2) is 6.12. The Hall–Kier alpha value is -1.83. The number of carbonyl (C=O) groups is 1. The van der Waals surface area contributed by atoms with Crippen LogP contribution in [0.1, 0.15) is 20.8 Å². The number of carbonyl (C=O) groups excluding carboxylic acids is 1. The van der Waals surface area contributed by atoms with Gasteiger partial charge in [-0.1, -0.05) is 0 Å². The molecule has 22 heavy (non-hydrogen) atoms. The van der Waals surface area contributed by atoms with Gasteiger partial charge in [-0.05, 0) is 48.8 Å². The monoisotopic (exact) mass is 372 g/mol. The summed E-state index contributed by atoms with van der Waals surface area (Å²) < 4.78 is 11.3. The Kier molecular flexibility index (Phi) is 4.60. The van der Waals surface area contributed by atoms with Crippen molar-refractivity contribution in [1.82, 2.24) is 4.90 Å². The van der Waals surface area contributed by atoms with Crippen LogP contribution in [0.25, 0.3) is 0 Å². The van der Waals surface area contributed by atoms with Crippen LogP contribution in [0.3, 0.4) is 0 Å². The molecule has 1 heterocycles. The Morgan fingerprint density at radius 3 is 2.59 bits per heavy atom. The van der Waals surface area contributed by atoms with Crippen molar-refractivity contribution in [3.8, 4) is 5.75 Å². The van der Waals surface area contributed by atoms with Gasteiger partial charge in [-0.3, -0.25) is 10.1 Å². The summed E-state index contributed by atoms with van der Waals surface area (Å²) in [6.07, 6.45) is -0.567. The van der Waals surface area contributed by atoms with E-state index in [0.29, 0.717) is 23.3 Å². The van der Waals surface area contributed by atoms with E-state index in [1.807, 2.05) is 0 Å². The van der Waals surface area contributed by atoms with Crippen molar-refractivity contribution in [3.63, 3.8) is 0 Å². The minimum absolute atomic E-state index is 0.0548. The van der Waals surface area contributed by atoms with Gasteiger partial charge >= 0.3 is 6.09 Å². The highest BCUT2D eigenvalue weighted by Crippen LogP contribution is 2.30. The molecular formula is C14H17BrN2O5. The molecule has 0 radical (unpaired) electrons. The number of amides is 1. The lowest BCUT2D eigenvalue weighted by atomic mass is 10.1. The summed E-state index contributed by atoms with van der Waals surface area (Å²) in [4.78, 5) is 23.7. The van der Waals surface area contributed by atoms with Crippen molar-refractivity contribution in [2.45, 2.75) is 32.5 Å². The van der Waals surface area contributed by atoms with Gasteiger partial charge in [0.1, 0.15) is 17.5 Å². The van der Waals surface area contributed by atoms with Crippen molar-refractivity contribution in [1.29, 1.82) is 0 Å². The Labute approximate surface area is 136 Å². The molecule has 1 saturated heterocycles. The molecule has 0 aliphatic carbocycles. The molecule has 0 spiro atoms. The molecule has 1 fully saturated rings. The van der Waals surface area contributed by atoms with Gasteiger partial charge in [0.2, 0.25) is 0 Å². The zero-order chi connectivity index (χ0) is 16.5. The number of likely N-dealkylation sites (tertiary alicyclic amines) is 1. The summed E-state index contributed by atoms with van der Waals surface area (Å²) in [6.45, 7) is 6.22. The van der Waals surface area contributed by atoms with Crippen LogP contribution in [0.2, 0.25) is 0 Å². The van der Waals surface area contributed by atoms with Gasteiger partial charge in [0.15, 0.2) is 0 Å². The van der Waals surface area contributed by atoms with Crippen molar-refractivity contribution in [2.24, 2.45) is 0 Å². The van der Waals surface area contributed by atoms with Crippen LogP contribution < -0.4 is 4.74 Å².